The highest BCUT2D eigenvalue weighted by Crippen LogP contribution is 2.22. The Balaban J connectivity index is 1.90. The Hall–Kier alpha value is -2.01. The minimum atomic E-state index is -0.226. The van der Waals surface area contributed by atoms with Crippen LogP contribution in [0.4, 0.5) is 11.4 Å². The number of nitrogen functional groups attached to an aromatic ring is 1. The van der Waals surface area contributed by atoms with Crippen LogP contribution >= 0.6 is 15.9 Å². The van der Waals surface area contributed by atoms with E-state index in [2.05, 4.69) is 28.2 Å². The zero-order chi connectivity index (χ0) is 15.2. The number of carbonyl (C=O) groups excluding carboxylic acids is 1. The Morgan fingerprint density at radius 3 is 2.57 bits per heavy atom. The predicted molar refractivity (Wildman–Crippen MR) is 88.5 cm³/mol. The van der Waals surface area contributed by atoms with Crippen LogP contribution in [0, 0.1) is 0 Å². The van der Waals surface area contributed by atoms with Crippen LogP contribution in [-0.4, -0.2) is 12.5 Å². The van der Waals surface area contributed by atoms with Gasteiger partial charge < -0.3 is 15.8 Å². The van der Waals surface area contributed by atoms with Gasteiger partial charge in [-0.25, -0.2) is 0 Å². The number of halogens is 1. The summed E-state index contributed by atoms with van der Waals surface area (Å²) in [6.07, 6.45) is 0.911. The molecule has 21 heavy (non-hydrogen) atoms. The third-order valence-corrected chi connectivity index (χ3v) is 3.50. The summed E-state index contributed by atoms with van der Waals surface area (Å²) in [6.45, 7) is 1.98. The van der Waals surface area contributed by atoms with Gasteiger partial charge in [0.15, 0.2) is 6.61 Å². The van der Waals surface area contributed by atoms with Crippen molar-refractivity contribution in [1.29, 1.82) is 0 Å². The highest BCUT2D eigenvalue weighted by Gasteiger charge is 2.06. The second-order valence-corrected chi connectivity index (χ2v) is 5.49. The van der Waals surface area contributed by atoms with E-state index in [1.165, 1.54) is 0 Å². The molecule has 0 aliphatic rings. The summed E-state index contributed by atoms with van der Waals surface area (Å²) in [5.41, 5.74) is 8.30. The van der Waals surface area contributed by atoms with Crippen LogP contribution in [-0.2, 0) is 11.2 Å². The normalized spacial score (nSPS) is 10.2. The number of nitrogens with one attached hydrogen (secondary N) is 1. The Labute approximate surface area is 132 Å². The van der Waals surface area contributed by atoms with Crippen molar-refractivity contribution in [3.8, 4) is 5.75 Å². The van der Waals surface area contributed by atoms with Crippen molar-refractivity contribution in [2.24, 2.45) is 0 Å². The number of anilines is 2. The second-order valence-electron chi connectivity index (χ2n) is 4.57. The summed E-state index contributed by atoms with van der Waals surface area (Å²) < 4.78 is 6.41. The lowest BCUT2D eigenvalue weighted by molar-refractivity contribution is -0.118. The van der Waals surface area contributed by atoms with E-state index in [0.29, 0.717) is 11.4 Å². The Kier molecular flexibility index (Phi) is 5.22. The number of benzene rings is 2. The molecule has 2 aromatic carbocycles. The fourth-order valence-electron chi connectivity index (χ4n) is 1.82. The van der Waals surface area contributed by atoms with Crippen LogP contribution in [0.2, 0.25) is 0 Å². The van der Waals surface area contributed by atoms with Crippen LogP contribution in [0.3, 0.4) is 0 Å². The third-order valence-electron chi connectivity index (χ3n) is 2.97. The first kappa shape index (κ1) is 15.4. The maximum atomic E-state index is 11.8. The predicted octanol–water partition coefficient (Wildman–Crippen LogP) is 3.61. The van der Waals surface area contributed by atoms with Gasteiger partial charge in [0.05, 0.1) is 5.69 Å². The van der Waals surface area contributed by atoms with Crippen LogP contribution in [0.25, 0.3) is 0 Å². The monoisotopic (exact) mass is 348 g/mol. The summed E-state index contributed by atoms with van der Waals surface area (Å²) in [4.78, 5) is 11.8. The highest BCUT2D eigenvalue weighted by atomic mass is 79.9. The molecule has 0 aromatic heterocycles. The molecule has 0 aliphatic carbocycles. The van der Waals surface area contributed by atoms with Crippen LogP contribution < -0.4 is 15.8 Å². The molecule has 2 rings (SSSR count). The van der Waals surface area contributed by atoms with E-state index in [1.54, 1.807) is 6.07 Å². The van der Waals surface area contributed by atoms with Crippen molar-refractivity contribution in [3.63, 3.8) is 0 Å². The molecular formula is C16H17BrN2O2. The molecule has 2 aromatic rings. The molecule has 0 spiro atoms. The summed E-state index contributed by atoms with van der Waals surface area (Å²) in [7, 11) is 0. The molecule has 110 valence electrons. The first-order valence-electron chi connectivity index (χ1n) is 6.65. The van der Waals surface area contributed by atoms with Gasteiger partial charge in [-0.2, -0.15) is 0 Å². The maximum absolute atomic E-state index is 11.8. The van der Waals surface area contributed by atoms with E-state index in [1.807, 2.05) is 36.4 Å². The lowest BCUT2D eigenvalue weighted by atomic mass is 10.1. The molecule has 4 nitrogen and oxygen atoms in total. The van der Waals surface area contributed by atoms with E-state index < -0.39 is 0 Å². The van der Waals surface area contributed by atoms with Crippen LogP contribution in [0.5, 0.6) is 5.75 Å². The molecule has 0 fully saturated rings. The summed E-state index contributed by atoms with van der Waals surface area (Å²) in [5, 5.41) is 2.76. The topological polar surface area (TPSA) is 64.3 Å². The standard InChI is InChI=1S/C16H17BrN2O2/c1-2-11-3-8-15(14(18)9-11)21-10-16(20)19-13-6-4-12(17)5-7-13/h3-9H,2,10,18H2,1H3,(H,19,20). The number of hydrogen-bond acceptors (Lipinski definition) is 3. The number of ether oxygens (including phenoxy) is 1. The quantitative estimate of drug-likeness (QED) is 0.811. The van der Waals surface area contributed by atoms with Gasteiger partial charge >= 0.3 is 0 Å². The van der Waals surface area contributed by atoms with E-state index in [-0.39, 0.29) is 12.5 Å². The first-order chi connectivity index (χ1) is 10.1. The maximum Gasteiger partial charge on any atom is 0.262 e. The van der Waals surface area contributed by atoms with Crippen molar-refractivity contribution in [1.82, 2.24) is 0 Å². The number of hydrogen-bond donors (Lipinski definition) is 2. The van der Waals surface area contributed by atoms with Gasteiger partial charge in [-0.3, -0.25) is 4.79 Å². The van der Waals surface area contributed by atoms with Gasteiger partial charge in [-0.05, 0) is 48.4 Å². The molecule has 3 N–H and O–H groups in total. The number of aryl methyl sites for hydroxylation is 1. The van der Waals surface area contributed by atoms with Gasteiger partial charge in [0.25, 0.3) is 5.91 Å². The van der Waals surface area contributed by atoms with E-state index in [4.69, 9.17) is 10.5 Å². The molecule has 0 radical (unpaired) electrons. The minimum absolute atomic E-state index is 0.0776. The molecule has 5 heteroatoms. The lowest BCUT2D eigenvalue weighted by Gasteiger charge is -2.10. The van der Waals surface area contributed by atoms with Crippen molar-refractivity contribution >= 4 is 33.2 Å². The smallest absolute Gasteiger partial charge is 0.262 e. The molecule has 0 saturated carbocycles. The lowest BCUT2D eigenvalue weighted by Crippen LogP contribution is -2.20. The average molecular weight is 349 g/mol. The fraction of sp³-hybridized carbons (Fsp3) is 0.188. The van der Waals surface area contributed by atoms with Gasteiger partial charge in [0.2, 0.25) is 0 Å². The SMILES string of the molecule is CCc1ccc(OCC(=O)Nc2ccc(Br)cc2)c(N)c1. The fourth-order valence-corrected chi connectivity index (χ4v) is 2.09. The van der Waals surface area contributed by atoms with E-state index >= 15 is 0 Å². The molecule has 0 atom stereocenters. The largest absolute Gasteiger partial charge is 0.482 e. The second kappa shape index (κ2) is 7.13. The highest BCUT2D eigenvalue weighted by molar-refractivity contribution is 9.10. The van der Waals surface area contributed by atoms with E-state index in [0.717, 1.165) is 22.1 Å². The van der Waals surface area contributed by atoms with Crippen LogP contribution in [0.1, 0.15) is 12.5 Å². The minimum Gasteiger partial charge on any atom is -0.482 e. The molecule has 0 aliphatic heterocycles. The molecule has 0 heterocycles. The summed E-state index contributed by atoms with van der Waals surface area (Å²) in [6, 6.07) is 12.9. The Bertz CT molecular complexity index is 627. The van der Waals surface area contributed by atoms with Gasteiger partial charge in [0, 0.05) is 10.2 Å². The number of nitrogens with two attached hydrogens (primary N) is 1. The molecule has 0 saturated heterocycles. The first-order valence-corrected chi connectivity index (χ1v) is 7.44. The number of amides is 1. The van der Waals surface area contributed by atoms with Crippen molar-refractivity contribution in [2.75, 3.05) is 17.7 Å². The van der Waals surface area contributed by atoms with Gasteiger partial charge in [-0.1, -0.05) is 28.9 Å². The molecule has 1 amide bonds. The Morgan fingerprint density at radius 2 is 1.95 bits per heavy atom. The van der Waals surface area contributed by atoms with Gasteiger partial charge in [-0.15, -0.1) is 0 Å². The molecule has 0 bridgehead atoms. The van der Waals surface area contributed by atoms with Crippen molar-refractivity contribution in [3.05, 3.63) is 52.5 Å². The molecular weight excluding hydrogens is 332 g/mol. The zero-order valence-electron chi connectivity index (χ0n) is 11.7. The summed E-state index contributed by atoms with van der Waals surface area (Å²) >= 11 is 3.34. The van der Waals surface area contributed by atoms with Crippen LogP contribution in [0.15, 0.2) is 46.9 Å². The van der Waals surface area contributed by atoms with Crippen molar-refractivity contribution < 1.29 is 9.53 Å². The van der Waals surface area contributed by atoms with Crippen molar-refractivity contribution in [2.45, 2.75) is 13.3 Å². The zero-order valence-corrected chi connectivity index (χ0v) is 13.3. The number of rotatable bonds is 5. The van der Waals surface area contributed by atoms with Gasteiger partial charge in [0.1, 0.15) is 5.75 Å². The Morgan fingerprint density at radius 1 is 1.24 bits per heavy atom. The molecule has 0 unspecified atom stereocenters. The van der Waals surface area contributed by atoms with E-state index in [9.17, 15) is 4.79 Å². The number of carbonyl (C=O) groups is 1. The third kappa shape index (κ3) is 4.49. The summed E-state index contributed by atoms with van der Waals surface area (Å²) in [5.74, 6) is 0.300. The average Bonchev–Trinajstić information content (AvgIpc) is 2.48.